The quantitative estimate of drug-likeness (QED) is 0.597. The van der Waals surface area contributed by atoms with Crippen molar-refractivity contribution in [2.24, 2.45) is 5.73 Å². The number of nitrogens with two attached hydrogens (primary N) is 1. The van der Waals surface area contributed by atoms with Gasteiger partial charge in [-0.15, -0.1) is 0 Å². The van der Waals surface area contributed by atoms with Gasteiger partial charge in [0.1, 0.15) is 11.7 Å². The molecular weight excluding hydrogens is 293 g/mol. The lowest BCUT2D eigenvalue weighted by molar-refractivity contribution is 0.600. The fourth-order valence-electron chi connectivity index (χ4n) is 1.86. The SMILES string of the molecule is Cc1ccccc1S(=O)(=O)Nc1ccc(F)c(C(=N)N)c1. The predicted octanol–water partition coefficient (Wildman–Crippen LogP) is 2.22. The van der Waals surface area contributed by atoms with Gasteiger partial charge in [0, 0.05) is 5.69 Å². The summed E-state index contributed by atoms with van der Waals surface area (Å²) in [5.41, 5.74) is 5.84. The lowest BCUT2D eigenvalue weighted by atomic mass is 10.2. The molecule has 0 bridgehead atoms. The average molecular weight is 307 g/mol. The number of hydrogen-bond donors (Lipinski definition) is 3. The van der Waals surface area contributed by atoms with E-state index in [2.05, 4.69) is 4.72 Å². The molecule has 2 aromatic carbocycles. The van der Waals surface area contributed by atoms with Crippen LogP contribution in [0, 0.1) is 18.2 Å². The number of anilines is 1. The van der Waals surface area contributed by atoms with E-state index >= 15 is 0 Å². The van der Waals surface area contributed by atoms with Crippen molar-refractivity contribution in [2.75, 3.05) is 4.72 Å². The minimum atomic E-state index is -3.78. The molecule has 0 aliphatic rings. The number of nitrogen functional groups attached to an aromatic ring is 1. The van der Waals surface area contributed by atoms with Crippen LogP contribution in [0.15, 0.2) is 47.4 Å². The third kappa shape index (κ3) is 3.19. The number of aryl methyl sites for hydroxylation is 1. The summed E-state index contributed by atoms with van der Waals surface area (Å²) in [5.74, 6) is -1.15. The van der Waals surface area contributed by atoms with Crippen LogP contribution in [0.5, 0.6) is 0 Å². The van der Waals surface area contributed by atoms with Gasteiger partial charge in [-0.2, -0.15) is 0 Å². The van der Waals surface area contributed by atoms with Gasteiger partial charge in [-0.3, -0.25) is 10.1 Å². The minimum absolute atomic E-state index is 0.138. The first kappa shape index (κ1) is 15.0. The Morgan fingerprint density at radius 2 is 1.90 bits per heavy atom. The van der Waals surface area contributed by atoms with Gasteiger partial charge in [0.05, 0.1) is 10.5 Å². The monoisotopic (exact) mass is 307 g/mol. The zero-order valence-corrected chi connectivity index (χ0v) is 12.0. The van der Waals surface area contributed by atoms with Gasteiger partial charge in [0.2, 0.25) is 0 Å². The maximum Gasteiger partial charge on any atom is 0.262 e. The Balaban J connectivity index is 2.40. The smallest absolute Gasteiger partial charge is 0.262 e. The largest absolute Gasteiger partial charge is 0.384 e. The van der Waals surface area contributed by atoms with Crippen molar-refractivity contribution < 1.29 is 12.8 Å². The molecule has 0 atom stereocenters. The van der Waals surface area contributed by atoms with E-state index in [-0.39, 0.29) is 16.1 Å². The van der Waals surface area contributed by atoms with Gasteiger partial charge in [-0.25, -0.2) is 12.8 Å². The van der Waals surface area contributed by atoms with Crippen LogP contribution in [0.2, 0.25) is 0 Å². The van der Waals surface area contributed by atoms with Gasteiger partial charge < -0.3 is 5.73 Å². The molecule has 0 aromatic heterocycles. The second kappa shape index (κ2) is 5.53. The van der Waals surface area contributed by atoms with E-state index in [9.17, 15) is 12.8 Å². The van der Waals surface area contributed by atoms with Crippen molar-refractivity contribution >= 4 is 21.5 Å². The second-order valence-electron chi connectivity index (χ2n) is 4.48. The van der Waals surface area contributed by atoms with E-state index in [4.69, 9.17) is 11.1 Å². The molecule has 7 heteroatoms. The molecule has 2 aromatic rings. The highest BCUT2D eigenvalue weighted by Gasteiger charge is 2.17. The van der Waals surface area contributed by atoms with Crippen LogP contribution in [-0.2, 0) is 10.0 Å². The van der Waals surface area contributed by atoms with E-state index < -0.39 is 21.7 Å². The molecular formula is C14H14FN3O2S. The number of benzene rings is 2. The van der Waals surface area contributed by atoms with Crippen molar-refractivity contribution in [3.05, 3.63) is 59.4 Å². The maximum absolute atomic E-state index is 13.4. The highest BCUT2D eigenvalue weighted by atomic mass is 32.2. The molecule has 2 rings (SSSR count). The summed E-state index contributed by atoms with van der Waals surface area (Å²) in [6.07, 6.45) is 0. The Hall–Kier alpha value is -2.41. The Kier molecular flexibility index (Phi) is 3.95. The minimum Gasteiger partial charge on any atom is -0.384 e. The van der Waals surface area contributed by atoms with Gasteiger partial charge in [0.25, 0.3) is 10.0 Å². The lowest BCUT2D eigenvalue weighted by Crippen LogP contribution is -2.17. The third-order valence-electron chi connectivity index (χ3n) is 2.89. The first-order valence-corrected chi connectivity index (χ1v) is 7.52. The number of sulfonamides is 1. The number of halogens is 1. The van der Waals surface area contributed by atoms with Crippen molar-refractivity contribution in [1.29, 1.82) is 5.41 Å². The molecule has 0 aliphatic carbocycles. The number of amidine groups is 1. The highest BCUT2D eigenvalue weighted by Crippen LogP contribution is 2.20. The first-order chi connectivity index (χ1) is 9.81. The Labute approximate surface area is 122 Å². The van der Waals surface area contributed by atoms with Crippen molar-refractivity contribution in [3.63, 3.8) is 0 Å². The summed E-state index contributed by atoms with van der Waals surface area (Å²) in [6, 6.07) is 10.0. The topological polar surface area (TPSA) is 96.0 Å². The number of rotatable bonds is 4. The van der Waals surface area contributed by atoms with E-state index in [1.165, 1.54) is 18.2 Å². The van der Waals surface area contributed by atoms with Gasteiger partial charge in [-0.05, 0) is 36.8 Å². The molecule has 0 amide bonds. The van der Waals surface area contributed by atoms with Crippen LogP contribution in [-0.4, -0.2) is 14.3 Å². The molecule has 5 nitrogen and oxygen atoms in total. The van der Waals surface area contributed by atoms with Crippen LogP contribution in [0.1, 0.15) is 11.1 Å². The van der Waals surface area contributed by atoms with E-state index in [0.29, 0.717) is 5.56 Å². The Morgan fingerprint density at radius 3 is 2.52 bits per heavy atom. The van der Waals surface area contributed by atoms with Crippen molar-refractivity contribution in [2.45, 2.75) is 11.8 Å². The van der Waals surface area contributed by atoms with Crippen molar-refractivity contribution in [3.8, 4) is 0 Å². The molecule has 0 fully saturated rings. The summed E-state index contributed by atoms with van der Waals surface area (Å²) >= 11 is 0. The summed E-state index contributed by atoms with van der Waals surface area (Å²) in [5, 5.41) is 7.26. The molecule has 0 aliphatic heterocycles. The second-order valence-corrected chi connectivity index (χ2v) is 6.13. The summed E-state index contributed by atoms with van der Waals surface area (Å²) in [6.45, 7) is 1.68. The maximum atomic E-state index is 13.4. The fourth-order valence-corrected chi connectivity index (χ4v) is 3.16. The molecule has 0 radical (unpaired) electrons. The molecule has 0 heterocycles. The Morgan fingerprint density at radius 1 is 1.24 bits per heavy atom. The number of nitrogens with one attached hydrogen (secondary N) is 2. The van der Waals surface area contributed by atoms with Crippen LogP contribution >= 0.6 is 0 Å². The normalized spacial score (nSPS) is 11.1. The van der Waals surface area contributed by atoms with E-state index in [1.54, 1.807) is 25.1 Å². The standard InChI is InChI=1S/C14H14FN3O2S/c1-9-4-2-3-5-13(9)21(19,20)18-10-6-7-12(15)11(8-10)14(16)17/h2-8,18H,1H3,(H3,16,17). The van der Waals surface area contributed by atoms with Crippen LogP contribution < -0.4 is 10.5 Å². The van der Waals surface area contributed by atoms with Crippen LogP contribution in [0.4, 0.5) is 10.1 Å². The number of hydrogen-bond acceptors (Lipinski definition) is 3. The van der Waals surface area contributed by atoms with Crippen LogP contribution in [0.25, 0.3) is 0 Å². The highest BCUT2D eigenvalue weighted by molar-refractivity contribution is 7.92. The molecule has 0 spiro atoms. The zero-order chi connectivity index (χ0) is 15.6. The fraction of sp³-hybridized carbons (Fsp3) is 0.0714. The van der Waals surface area contributed by atoms with Gasteiger partial charge >= 0.3 is 0 Å². The van der Waals surface area contributed by atoms with Gasteiger partial charge in [-0.1, -0.05) is 18.2 Å². The zero-order valence-electron chi connectivity index (χ0n) is 11.2. The van der Waals surface area contributed by atoms with E-state index in [1.807, 2.05) is 0 Å². The molecule has 110 valence electrons. The third-order valence-corrected chi connectivity index (χ3v) is 4.43. The molecule has 0 saturated heterocycles. The molecule has 4 N–H and O–H groups in total. The first-order valence-electron chi connectivity index (χ1n) is 6.03. The van der Waals surface area contributed by atoms with Crippen LogP contribution in [0.3, 0.4) is 0 Å². The summed E-state index contributed by atoms with van der Waals surface area (Å²) < 4.78 is 40.4. The summed E-state index contributed by atoms with van der Waals surface area (Å²) in [4.78, 5) is 0.138. The Bertz CT molecular complexity index is 804. The molecule has 21 heavy (non-hydrogen) atoms. The average Bonchev–Trinajstić information content (AvgIpc) is 2.40. The van der Waals surface area contributed by atoms with E-state index in [0.717, 1.165) is 6.07 Å². The predicted molar refractivity (Wildman–Crippen MR) is 79.4 cm³/mol. The molecule has 0 unspecified atom stereocenters. The van der Waals surface area contributed by atoms with Crippen molar-refractivity contribution in [1.82, 2.24) is 0 Å². The summed E-state index contributed by atoms with van der Waals surface area (Å²) in [7, 11) is -3.78. The lowest BCUT2D eigenvalue weighted by Gasteiger charge is -2.11. The molecule has 0 saturated carbocycles. The van der Waals surface area contributed by atoms with Gasteiger partial charge in [0.15, 0.2) is 0 Å².